The van der Waals surface area contributed by atoms with Gasteiger partial charge in [0.25, 0.3) is 0 Å². The van der Waals surface area contributed by atoms with Crippen molar-refractivity contribution in [2.24, 2.45) is 0 Å². The molecule has 106 valence electrons. The Kier molecular flexibility index (Phi) is 4.52. The molecule has 0 aliphatic heterocycles. The summed E-state index contributed by atoms with van der Waals surface area (Å²) in [6.45, 7) is 1.55. The van der Waals surface area contributed by atoms with E-state index in [1.165, 1.54) is 12.1 Å². The maximum absolute atomic E-state index is 12.2. The summed E-state index contributed by atoms with van der Waals surface area (Å²) in [6.07, 6.45) is 0. The average Bonchev–Trinajstić information content (AvgIpc) is 2.73. The van der Waals surface area contributed by atoms with E-state index >= 15 is 0 Å². The van der Waals surface area contributed by atoms with Crippen LogP contribution < -0.4 is 0 Å². The van der Waals surface area contributed by atoms with E-state index in [1.807, 2.05) is 0 Å². The highest BCUT2D eigenvalue weighted by Gasteiger charge is 2.16. The van der Waals surface area contributed by atoms with Crippen LogP contribution >= 0.6 is 23.2 Å². The van der Waals surface area contributed by atoms with Crippen LogP contribution in [-0.2, 0) is 16.6 Å². The quantitative estimate of drug-likeness (QED) is 0.921. The summed E-state index contributed by atoms with van der Waals surface area (Å²) in [5.41, 5.74) is 0.0751. The number of carboxylic acids is 1. The van der Waals surface area contributed by atoms with Gasteiger partial charge < -0.3 is 9.52 Å². The van der Waals surface area contributed by atoms with Crippen LogP contribution in [0.15, 0.2) is 33.6 Å². The number of aromatic carboxylic acids is 1. The second kappa shape index (κ2) is 5.99. The highest BCUT2D eigenvalue weighted by Crippen LogP contribution is 2.25. The minimum absolute atomic E-state index is 0.0751. The third-order valence-electron chi connectivity index (χ3n) is 2.63. The molecule has 1 aromatic heterocycles. The Balaban J connectivity index is 2.21. The van der Waals surface area contributed by atoms with E-state index in [4.69, 9.17) is 32.7 Å². The van der Waals surface area contributed by atoms with Crippen molar-refractivity contribution in [1.82, 2.24) is 0 Å². The summed E-state index contributed by atoms with van der Waals surface area (Å²) in [7, 11) is -1.39. The number of carbonyl (C=O) groups is 1. The van der Waals surface area contributed by atoms with Crippen LogP contribution in [0.2, 0.25) is 10.0 Å². The van der Waals surface area contributed by atoms with Crippen LogP contribution in [0.25, 0.3) is 0 Å². The van der Waals surface area contributed by atoms with Crippen molar-refractivity contribution in [2.45, 2.75) is 17.6 Å². The van der Waals surface area contributed by atoms with Gasteiger partial charge >= 0.3 is 5.97 Å². The molecule has 0 aliphatic rings. The van der Waals surface area contributed by atoms with E-state index in [-0.39, 0.29) is 11.3 Å². The number of halogens is 2. The zero-order valence-corrected chi connectivity index (χ0v) is 12.7. The van der Waals surface area contributed by atoms with Crippen LogP contribution in [0, 0.1) is 6.92 Å². The molecule has 1 aromatic carbocycles. The highest BCUT2D eigenvalue weighted by atomic mass is 35.5. The van der Waals surface area contributed by atoms with Crippen LogP contribution in [-0.4, -0.2) is 15.3 Å². The summed E-state index contributed by atoms with van der Waals surface area (Å²) in [6, 6.07) is 6.08. The van der Waals surface area contributed by atoms with Crippen LogP contribution in [0.1, 0.15) is 21.9 Å². The number of hydrogen-bond donors (Lipinski definition) is 1. The smallest absolute Gasteiger partial charge is 0.339 e. The molecule has 0 bridgehead atoms. The Morgan fingerprint density at radius 3 is 2.55 bits per heavy atom. The van der Waals surface area contributed by atoms with E-state index in [2.05, 4.69) is 0 Å². The molecule has 0 saturated carbocycles. The highest BCUT2D eigenvalue weighted by molar-refractivity contribution is 7.84. The van der Waals surface area contributed by atoms with Gasteiger partial charge in [0.05, 0.1) is 26.6 Å². The molecule has 1 atom stereocenters. The van der Waals surface area contributed by atoms with Gasteiger partial charge in [0, 0.05) is 4.90 Å². The van der Waals surface area contributed by atoms with E-state index in [0.29, 0.717) is 26.5 Å². The van der Waals surface area contributed by atoms with Gasteiger partial charge in [-0.05, 0) is 31.2 Å². The first-order chi connectivity index (χ1) is 9.38. The molecule has 0 amide bonds. The van der Waals surface area contributed by atoms with Crippen molar-refractivity contribution in [3.8, 4) is 0 Å². The molecule has 2 aromatic rings. The Labute approximate surface area is 127 Å². The molecule has 7 heteroatoms. The Morgan fingerprint density at radius 1 is 1.30 bits per heavy atom. The number of benzene rings is 1. The number of furan rings is 1. The van der Waals surface area contributed by atoms with Gasteiger partial charge in [0.2, 0.25) is 0 Å². The molecule has 0 spiro atoms. The van der Waals surface area contributed by atoms with Crippen molar-refractivity contribution in [2.75, 3.05) is 0 Å². The lowest BCUT2D eigenvalue weighted by Crippen LogP contribution is -1.96. The average molecular weight is 333 g/mol. The third kappa shape index (κ3) is 3.23. The first kappa shape index (κ1) is 15.1. The van der Waals surface area contributed by atoms with Crippen molar-refractivity contribution >= 4 is 40.0 Å². The summed E-state index contributed by atoms with van der Waals surface area (Å²) in [5, 5.41) is 9.63. The minimum atomic E-state index is -1.39. The molecule has 2 rings (SSSR count). The lowest BCUT2D eigenvalue weighted by molar-refractivity contribution is 0.0695. The monoisotopic (exact) mass is 332 g/mol. The number of carboxylic acid groups (broad SMARTS) is 1. The number of aryl methyl sites for hydroxylation is 1. The molecule has 0 aliphatic carbocycles. The molecule has 1 heterocycles. The number of hydrogen-bond acceptors (Lipinski definition) is 3. The third-order valence-corrected chi connectivity index (χ3v) is 4.69. The first-order valence-electron chi connectivity index (χ1n) is 5.54. The lowest BCUT2D eigenvalue weighted by Gasteiger charge is -2.02. The Morgan fingerprint density at radius 2 is 2.00 bits per heavy atom. The normalized spacial score (nSPS) is 12.3. The van der Waals surface area contributed by atoms with E-state index < -0.39 is 16.8 Å². The molecule has 20 heavy (non-hydrogen) atoms. The fourth-order valence-corrected chi connectivity index (χ4v) is 3.06. The summed E-state index contributed by atoms with van der Waals surface area (Å²) < 4.78 is 17.5. The molecule has 1 unspecified atom stereocenters. The van der Waals surface area contributed by atoms with Gasteiger partial charge in [-0.1, -0.05) is 23.2 Å². The second-order valence-corrected chi connectivity index (χ2v) is 6.32. The topological polar surface area (TPSA) is 67.5 Å². The predicted molar refractivity (Wildman–Crippen MR) is 77.0 cm³/mol. The maximum atomic E-state index is 12.2. The fraction of sp³-hybridized carbons (Fsp3) is 0.154. The van der Waals surface area contributed by atoms with E-state index in [0.717, 1.165) is 0 Å². The van der Waals surface area contributed by atoms with Crippen molar-refractivity contribution < 1.29 is 18.5 Å². The van der Waals surface area contributed by atoms with Gasteiger partial charge in [-0.3, -0.25) is 4.21 Å². The van der Waals surface area contributed by atoms with Crippen LogP contribution in [0.3, 0.4) is 0 Å². The standard InChI is InChI=1S/C13H10Cl2O4S/c1-7-10(13(16)17)4-8(19-7)6-20(18)9-2-3-11(14)12(15)5-9/h2-5H,6H2,1H3,(H,16,17). The van der Waals surface area contributed by atoms with Crippen LogP contribution in [0.4, 0.5) is 0 Å². The van der Waals surface area contributed by atoms with E-state index in [1.54, 1.807) is 19.1 Å². The predicted octanol–water partition coefficient (Wildman–Crippen LogP) is 3.90. The molecular formula is C13H10Cl2O4S. The van der Waals surface area contributed by atoms with Crippen molar-refractivity contribution in [3.63, 3.8) is 0 Å². The van der Waals surface area contributed by atoms with Crippen molar-refractivity contribution in [3.05, 3.63) is 51.4 Å². The SMILES string of the molecule is Cc1oc(CS(=O)c2ccc(Cl)c(Cl)c2)cc1C(=O)O. The van der Waals surface area contributed by atoms with Crippen molar-refractivity contribution in [1.29, 1.82) is 0 Å². The van der Waals surface area contributed by atoms with Crippen LogP contribution in [0.5, 0.6) is 0 Å². The summed E-state index contributed by atoms with van der Waals surface area (Å²) >= 11 is 11.7. The summed E-state index contributed by atoms with van der Waals surface area (Å²) in [5.74, 6) is -0.354. The fourth-order valence-electron chi connectivity index (χ4n) is 1.66. The number of rotatable bonds is 4. The maximum Gasteiger partial charge on any atom is 0.339 e. The van der Waals surface area contributed by atoms with Gasteiger partial charge in [0.1, 0.15) is 17.1 Å². The zero-order valence-electron chi connectivity index (χ0n) is 10.4. The molecule has 0 saturated heterocycles. The molecule has 0 radical (unpaired) electrons. The Bertz CT molecular complexity index is 694. The lowest BCUT2D eigenvalue weighted by atomic mass is 10.2. The minimum Gasteiger partial charge on any atom is -0.478 e. The molecule has 4 nitrogen and oxygen atoms in total. The molecule has 0 fully saturated rings. The molecular weight excluding hydrogens is 323 g/mol. The largest absolute Gasteiger partial charge is 0.478 e. The second-order valence-electron chi connectivity index (χ2n) is 4.05. The van der Waals surface area contributed by atoms with E-state index in [9.17, 15) is 9.00 Å². The van der Waals surface area contributed by atoms with Gasteiger partial charge in [-0.15, -0.1) is 0 Å². The van der Waals surface area contributed by atoms with Gasteiger partial charge in [0.15, 0.2) is 0 Å². The van der Waals surface area contributed by atoms with Gasteiger partial charge in [-0.2, -0.15) is 0 Å². The summed E-state index contributed by atoms with van der Waals surface area (Å²) in [4.78, 5) is 11.4. The first-order valence-corrected chi connectivity index (χ1v) is 7.62. The zero-order chi connectivity index (χ0) is 14.9. The Hall–Kier alpha value is -1.30. The molecule has 1 N–H and O–H groups in total. The van der Waals surface area contributed by atoms with Gasteiger partial charge in [-0.25, -0.2) is 4.79 Å².